The molecule has 15 aromatic rings. The zero-order valence-corrected chi connectivity index (χ0v) is 74.6. The van der Waals surface area contributed by atoms with Crippen molar-refractivity contribution in [2.45, 2.75) is 97.3 Å². The standard InChI is InChI=1S/C24H16N2.C20H22NSi.C17H14N.C15H10N.C11H8N.2C5H8O2.3CH4.3Ir.Pt/c1-2-10-20(11-3-1)22-13-4-5-15-24(22)26-18-19-9-8-12-21(17-19)23-14-6-7-16-25-23;1-14-10-15(2)12-17(11-14)20-8-6-16-13-18(22(3,4)5)7-9-19(16)21-20;1-12-6-5-8-14(10-12)17-13(2)16-9-4-3-7-15(16)11-18-17;1-2-6-12(7-3-1)15-10-13-8-4-5-9-14(13)11-16-15;1-2-6-10(7-3-1)11-8-4-5-9-12-11;2*1-4(6)3-5(2)7;;;;;;;/h1-10,12-16,18H;6-11,13H,1-5H3;3-7,9-11H,1-2H3;1-6,8-11H;1-6,8-9H;2*3,6H,1-2H3;3*1H4;;;;/q-2;4*-1;;;;;;;;;+2. The molecule has 2 N–H and O–H groups in total. The minimum absolute atomic E-state index is 0. The number of aliphatic hydroxyl groups is 2. The van der Waals surface area contributed by atoms with E-state index >= 15 is 0 Å². The number of aryl methyl sites for hydroxylation is 4. The third-order valence-electron chi connectivity index (χ3n) is 16.3. The first-order valence-electron chi connectivity index (χ1n) is 35.4. The summed E-state index contributed by atoms with van der Waals surface area (Å²) >= 11 is 0. The molecule has 0 bridgehead atoms. The molecule has 0 aliphatic rings. The van der Waals surface area contributed by atoms with Crippen molar-refractivity contribution >= 4 is 69.2 Å². The largest absolute Gasteiger partial charge is 2.00 e. The number of carbonyl (C=O) groups excluding carboxylic acids is 2. The van der Waals surface area contributed by atoms with Crippen LogP contribution >= 0.6 is 0 Å². The molecule has 0 fully saturated rings. The molecule has 0 unspecified atom stereocenters. The van der Waals surface area contributed by atoms with Crippen molar-refractivity contribution < 1.29 is 101 Å². The normalized spacial score (nSPS) is 10.3. The molecule has 0 aliphatic heterocycles. The predicted molar refractivity (Wildman–Crippen MR) is 469 cm³/mol. The molecular weight excluding hydrogens is 2150 g/mol. The molecule has 10 aromatic carbocycles. The SMILES string of the molecule is C.C.C.CC(=O)C=C(C)O.CC(=O)C=C(C)O.Cc1[c-]c(-c2ccc3cc([Si](C)(C)C)ccc3n2)cc(C)c1.Cc1cc[c-]c(-c2ncc3ccccc3c2C)c1.[Ir].[Ir].[Ir].[Pt+2].[c-]1c(C=Nc2ccccc2-c2[c-]cccc2)cccc1-c1ccccn1.[c-]1ccccc1-c1cc2ccccc2cn1.[c-]1ccccc1-c1ccccn1. The number of hydrogen-bond donors (Lipinski definition) is 2. The van der Waals surface area contributed by atoms with Crippen LogP contribution in [-0.2, 0) is 91.0 Å². The van der Waals surface area contributed by atoms with E-state index in [1.807, 2.05) is 188 Å². The number of aliphatic imine (C=N–C) groups is 1. The quantitative estimate of drug-likeness (QED) is 0.0424. The van der Waals surface area contributed by atoms with Gasteiger partial charge in [-0.15, -0.1) is 208 Å². The fraction of sp³-hybridized carbons (Fsp3) is 0.140. The molecule has 597 valence electrons. The Morgan fingerprint density at radius 1 is 0.417 bits per heavy atom. The van der Waals surface area contributed by atoms with Gasteiger partial charge in [-0.2, -0.15) is 0 Å². The fourth-order valence-corrected chi connectivity index (χ4v) is 12.4. The Morgan fingerprint density at radius 2 is 0.939 bits per heavy atom. The van der Waals surface area contributed by atoms with Gasteiger partial charge >= 0.3 is 21.1 Å². The van der Waals surface area contributed by atoms with E-state index < -0.39 is 8.07 Å². The van der Waals surface area contributed by atoms with E-state index in [1.54, 1.807) is 12.4 Å². The molecule has 0 spiro atoms. The van der Waals surface area contributed by atoms with Crippen LogP contribution in [0.25, 0.3) is 99.9 Å². The molecule has 15 heteroatoms. The summed E-state index contributed by atoms with van der Waals surface area (Å²) in [7, 11) is -1.28. The van der Waals surface area contributed by atoms with Crippen LogP contribution in [0, 0.1) is 64.1 Å². The number of fused-ring (bicyclic) bond motifs is 3. The van der Waals surface area contributed by atoms with E-state index in [0.29, 0.717) is 0 Å². The van der Waals surface area contributed by atoms with Crippen LogP contribution < -0.4 is 5.19 Å². The molecule has 115 heavy (non-hydrogen) atoms. The van der Waals surface area contributed by atoms with Crippen LogP contribution in [0.15, 0.2) is 320 Å². The molecule has 5 heterocycles. The first kappa shape index (κ1) is 101. The van der Waals surface area contributed by atoms with Gasteiger partial charge in [0.25, 0.3) is 0 Å². The van der Waals surface area contributed by atoms with Gasteiger partial charge in [0.1, 0.15) is 0 Å². The van der Waals surface area contributed by atoms with Crippen LogP contribution in [0.3, 0.4) is 0 Å². The third kappa shape index (κ3) is 32.5. The van der Waals surface area contributed by atoms with Gasteiger partial charge in [0, 0.05) is 109 Å². The van der Waals surface area contributed by atoms with Gasteiger partial charge in [0.2, 0.25) is 0 Å². The molecule has 5 aromatic heterocycles. The van der Waals surface area contributed by atoms with Crippen LogP contribution in [0.1, 0.15) is 77.8 Å². The Hall–Kier alpha value is -10.3. The smallest absolute Gasteiger partial charge is 0.512 e. The Balaban J connectivity index is 0.000000468. The van der Waals surface area contributed by atoms with Gasteiger partial charge in [0.15, 0.2) is 11.6 Å². The Morgan fingerprint density at radius 3 is 1.50 bits per heavy atom. The fourth-order valence-electron chi connectivity index (χ4n) is 11.3. The minimum atomic E-state index is -1.28. The number of para-hydroxylation sites is 1. The van der Waals surface area contributed by atoms with Crippen molar-refractivity contribution in [1.29, 1.82) is 0 Å². The van der Waals surface area contributed by atoms with Crippen LogP contribution in [0.2, 0.25) is 19.6 Å². The number of aromatic nitrogens is 5. The van der Waals surface area contributed by atoms with E-state index in [1.165, 1.54) is 88.7 Å². The Labute approximate surface area is 738 Å². The second kappa shape index (κ2) is 51.5. The monoisotopic (exact) mass is 2250 g/mol. The Bertz CT molecular complexity index is 5470. The first-order valence-corrected chi connectivity index (χ1v) is 38.9. The number of allylic oxidation sites excluding steroid dienone is 4. The van der Waals surface area contributed by atoms with Crippen LogP contribution in [0.4, 0.5) is 5.69 Å². The molecular formula is C100H98Ir3N6O4PtSi-4. The van der Waals surface area contributed by atoms with E-state index in [0.717, 1.165) is 89.7 Å². The zero-order chi connectivity index (χ0) is 76.8. The van der Waals surface area contributed by atoms with E-state index in [4.69, 9.17) is 20.2 Å². The maximum absolute atomic E-state index is 10.0. The van der Waals surface area contributed by atoms with Gasteiger partial charge in [-0.3, -0.25) is 19.6 Å². The van der Waals surface area contributed by atoms with E-state index in [2.05, 4.69) is 201 Å². The van der Waals surface area contributed by atoms with Gasteiger partial charge in [-0.05, 0) is 115 Å². The number of carbonyl (C=O) groups is 2. The van der Waals surface area contributed by atoms with Gasteiger partial charge in [0.05, 0.1) is 25.1 Å². The average Bonchev–Trinajstić information content (AvgIpc) is 0.803. The van der Waals surface area contributed by atoms with Gasteiger partial charge in [-0.1, -0.05) is 206 Å². The maximum Gasteiger partial charge on any atom is 2.00 e. The van der Waals surface area contributed by atoms with Crippen molar-refractivity contribution in [1.82, 2.24) is 24.9 Å². The van der Waals surface area contributed by atoms with E-state index in [-0.39, 0.29) is 127 Å². The van der Waals surface area contributed by atoms with Crippen molar-refractivity contribution in [2.75, 3.05) is 0 Å². The summed E-state index contributed by atoms with van der Waals surface area (Å²) in [6, 6.07) is 109. The topological polar surface area (TPSA) is 151 Å². The first-order chi connectivity index (χ1) is 52.1. The summed E-state index contributed by atoms with van der Waals surface area (Å²) in [6.45, 7) is 21.2. The number of aliphatic hydroxyl groups excluding tert-OH is 2. The second-order valence-electron chi connectivity index (χ2n) is 26.5. The summed E-state index contributed by atoms with van der Waals surface area (Å²) in [5.41, 5.74) is 19.9. The van der Waals surface area contributed by atoms with Crippen molar-refractivity contribution in [3.8, 4) is 67.4 Å². The minimum Gasteiger partial charge on any atom is -0.512 e. The van der Waals surface area contributed by atoms with Crippen molar-refractivity contribution in [3.63, 3.8) is 0 Å². The van der Waals surface area contributed by atoms with Crippen molar-refractivity contribution in [2.24, 2.45) is 4.99 Å². The summed E-state index contributed by atoms with van der Waals surface area (Å²) in [5, 5.41) is 24.3. The number of nitrogens with zero attached hydrogens (tertiary/aromatic N) is 6. The summed E-state index contributed by atoms with van der Waals surface area (Å²) in [6.07, 6.45) is 11.6. The van der Waals surface area contributed by atoms with Gasteiger partial charge in [-0.25, -0.2) is 0 Å². The number of ketones is 2. The average molecular weight is 2250 g/mol. The zero-order valence-electron chi connectivity index (χ0n) is 64.2. The summed E-state index contributed by atoms with van der Waals surface area (Å²) < 4.78 is 0. The van der Waals surface area contributed by atoms with Crippen LogP contribution in [-0.4, -0.2) is 61.0 Å². The predicted octanol–water partition coefficient (Wildman–Crippen LogP) is 25.2. The molecule has 0 saturated heterocycles. The Kier molecular flexibility index (Phi) is 45.1. The van der Waals surface area contributed by atoms with Crippen molar-refractivity contribution in [3.05, 3.63) is 380 Å². The molecule has 10 nitrogen and oxygen atoms in total. The number of benzene rings is 10. The molecule has 0 saturated carbocycles. The number of hydrogen-bond acceptors (Lipinski definition) is 10. The third-order valence-corrected chi connectivity index (χ3v) is 18.4. The maximum atomic E-state index is 10.0. The molecule has 3 radical (unpaired) electrons. The van der Waals surface area contributed by atoms with Gasteiger partial charge < -0.3 is 30.2 Å². The molecule has 0 amide bonds. The second-order valence-corrected chi connectivity index (χ2v) is 31.5. The molecule has 0 atom stereocenters. The summed E-state index contributed by atoms with van der Waals surface area (Å²) in [5.74, 6) is -0.125. The molecule has 15 rings (SSSR count). The number of rotatable bonds is 11. The number of pyridine rings is 5. The summed E-state index contributed by atoms with van der Waals surface area (Å²) in [4.78, 5) is 47.2. The molecule has 0 aliphatic carbocycles. The van der Waals surface area contributed by atoms with E-state index in [9.17, 15) is 9.59 Å². The van der Waals surface area contributed by atoms with Crippen LogP contribution in [0.5, 0.6) is 0 Å².